The first kappa shape index (κ1) is 20.1. The van der Waals surface area contributed by atoms with Gasteiger partial charge in [-0.15, -0.1) is 0 Å². The van der Waals surface area contributed by atoms with Gasteiger partial charge in [0, 0.05) is 6.42 Å². The summed E-state index contributed by atoms with van der Waals surface area (Å²) in [5.74, 6) is 0.0432. The standard InChI is InChI=1S/C24H29NO3Si/c1-24(2,3)29(19-11-6-4-7-12-19,20-13-8-5-9-14-20)28-22-16-17-23(26)25-21(22)15-10-18-27-25/h4-15,21-22H,16-18H2,1-3H3/t21-,22-/m0/s1. The van der Waals surface area contributed by atoms with Crippen LogP contribution < -0.4 is 10.4 Å². The first-order valence-corrected chi connectivity index (χ1v) is 12.2. The molecule has 2 aromatic rings. The lowest BCUT2D eigenvalue weighted by Gasteiger charge is -2.49. The Hall–Kier alpha value is -2.21. The van der Waals surface area contributed by atoms with E-state index in [1.54, 1.807) is 0 Å². The van der Waals surface area contributed by atoms with Gasteiger partial charge in [0.25, 0.3) is 8.32 Å². The maximum atomic E-state index is 12.4. The average molecular weight is 408 g/mol. The van der Waals surface area contributed by atoms with Crippen LogP contribution in [0.25, 0.3) is 0 Å². The van der Waals surface area contributed by atoms with Gasteiger partial charge in [-0.1, -0.05) is 93.6 Å². The highest BCUT2D eigenvalue weighted by molar-refractivity contribution is 6.99. The highest BCUT2D eigenvalue weighted by Crippen LogP contribution is 2.39. The second kappa shape index (κ2) is 7.90. The molecule has 0 N–H and O–H groups in total. The zero-order valence-corrected chi connectivity index (χ0v) is 18.4. The first-order chi connectivity index (χ1) is 13.9. The zero-order valence-electron chi connectivity index (χ0n) is 17.4. The Bertz CT molecular complexity index is 837. The minimum atomic E-state index is -2.66. The smallest absolute Gasteiger partial charge is 0.261 e. The molecule has 1 saturated heterocycles. The summed E-state index contributed by atoms with van der Waals surface area (Å²) in [5.41, 5.74) is 0. The maximum absolute atomic E-state index is 12.4. The topological polar surface area (TPSA) is 38.8 Å². The number of carbonyl (C=O) groups excluding carboxylic acids is 1. The molecule has 0 aromatic heterocycles. The van der Waals surface area contributed by atoms with E-state index in [9.17, 15) is 4.79 Å². The summed E-state index contributed by atoms with van der Waals surface area (Å²) in [6.07, 6.45) is 5.12. The number of benzene rings is 2. The second-order valence-electron chi connectivity index (χ2n) is 8.79. The Kier molecular flexibility index (Phi) is 5.47. The number of hydrogen-bond acceptors (Lipinski definition) is 3. The predicted molar refractivity (Wildman–Crippen MR) is 117 cm³/mol. The van der Waals surface area contributed by atoms with Crippen LogP contribution in [-0.2, 0) is 14.1 Å². The number of piperidine rings is 1. The summed E-state index contributed by atoms with van der Waals surface area (Å²) < 4.78 is 7.25. The van der Waals surface area contributed by atoms with Crippen molar-refractivity contribution in [3.8, 4) is 0 Å². The molecule has 1 amide bonds. The first-order valence-electron chi connectivity index (χ1n) is 10.3. The van der Waals surface area contributed by atoms with E-state index in [4.69, 9.17) is 9.26 Å². The molecule has 2 aromatic carbocycles. The number of rotatable bonds is 4. The van der Waals surface area contributed by atoms with Crippen LogP contribution in [0.4, 0.5) is 0 Å². The SMILES string of the molecule is CC(C)(C)[Si](O[C@H]1CCC(=O)N2OCC=C[C@@H]12)(c1ccccc1)c1ccccc1. The minimum absolute atomic E-state index is 0.0432. The number of carbonyl (C=O) groups is 1. The van der Waals surface area contributed by atoms with E-state index >= 15 is 0 Å². The molecular formula is C24H29NO3Si. The Morgan fingerprint density at radius 3 is 2.14 bits per heavy atom. The van der Waals surface area contributed by atoms with Crippen molar-refractivity contribution in [2.75, 3.05) is 6.61 Å². The van der Waals surface area contributed by atoms with Gasteiger partial charge >= 0.3 is 0 Å². The van der Waals surface area contributed by atoms with Crippen molar-refractivity contribution in [1.82, 2.24) is 5.06 Å². The number of nitrogens with zero attached hydrogens (tertiary/aromatic N) is 1. The molecule has 4 rings (SSSR count). The van der Waals surface area contributed by atoms with E-state index in [0.717, 1.165) is 0 Å². The quantitative estimate of drug-likeness (QED) is 0.576. The van der Waals surface area contributed by atoms with E-state index in [1.165, 1.54) is 15.4 Å². The Labute approximate surface area is 174 Å². The van der Waals surface area contributed by atoms with E-state index < -0.39 is 8.32 Å². The monoisotopic (exact) mass is 407 g/mol. The largest absolute Gasteiger partial charge is 0.402 e. The molecule has 0 spiro atoms. The van der Waals surface area contributed by atoms with Crippen molar-refractivity contribution in [2.45, 2.75) is 50.8 Å². The van der Waals surface area contributed by atoms with Crippen LogP contribution in [-0.4, -0.2) is 38.0 Å². The normalized spacial score (nSPS) is 22.4. The lowest BCUT2D eigenvalue weighted by atomic mass is 9.99. The second-order valence-corrected chi connectivity index (χ2v) is 13.0. The lowest BCUT2D eigenvalue weighted by Crippen LogP contribution is -2.69. The number of hydroxylamine groups is 2. The van der Waals surface area contributed by atoms with Crippen molar-refractivity contribution >= 4 is 24.6 Å². The Morgan fingerprint density at radius 2 is 1.59 bits per heavy atom. The van der Waals surface area contributed by atoms with Crippen LogP contribution in [0.15, 0.2) is 72.8 Å². The van der Waals surface area contributed by atoms with Gasteiger partial charge in [-0.05, 0) is 21.8 Å². The number of amides is 1. The van der Waals surface area contributed by atoms with Crippen LogP contribution in [0.5, 0.6) is 0 Å². The van der Waals surface area contributed by atoms with E-state index in [1.807, 2.05) is 6.08 Å². The van der Waals surface area contributed by atoms with Crippen molar-refractivity contribution < 1.29 is 14.1 Å². The predicted octanol–water partition coefficient (Wildman–Crippen LogP) is 3.42. The zero-order chi connectivity index (χ0) is 20.5. The van der Waals surface area contributed by atoms with Gasteiger partial charge in [-0.3, -0.25) is 9.63 Å². The maximum Gasteiger partial charge on any atom is 0.261 e. The number of hydrogen-bond donors (Lipinski definition) is 0. The fourth-order valence-corrected chi connectivity index (χ4v) is 9.32. The van der Waals surface area contributed by atoms with Crippen LogP contribution >= 0.6 is 0 Å². The summed E-state index contributed by atoms with van der Waals surface area (Å²) >= 11 is 0. The van der Waals surface area contributed by atoms with Crippen LogP contribution in [0.2, 0.25) is 5.04 Å². The molecule has 0 unspecified atom stereocenters. The molecule has 4 nitrogen and oxygen atoms in total. The van der Waals surface area contributed by atoms with Gasteiger partial charge in [-0.2, -0.15) is 0 Å². The van der Waals surface area contributed by atoms with Crippen molar-refractivity contribution in [2.24, 2.45) is 0 Å². The average Bonchev–Trinajstić information content (AvgIpc) is 2.74. The summed E-state index contributed by atoms with van der Waals surface area (Å²) in [7, 11) is -2.66. The van der Waals surface area contributed by atoms with Crippen LogP contribution in [0.1, 0.15) is 33.6 Å². The molecule has 0 saturated carbocycles. The minimum Gasteiger partial charge on any atom is -0.402 e. The third-order valence-electron chi connectivity index (χ3n) is 5.93. The summed E-state index contributed by atoms with van der Waals surface area (Å²) in [6, 6.07) is 21.1. The lowest BCUT2D eigenvalue weighted by molar-refractivity contribution is -0.211. The molecule has 0 bridgehead atoms. The molecule has 29 heavy (non-hydrogen) atoms. The Balaban J connectivity index is 1.84. The number of fused-ring (bicyclic) bond motifs is 1. The van der Waals surface area contributed by atoms with Gasteiger partial charge < -0.3 is 4.43 Å². The van der Waals surface area contributed by atoms with Crippen LogP contribution in [0, 0.1) is 0 Å². The molecule has 0 aliphatic carbocycles. The van der Waals surface area contributed by atoms with E-state index in [2.05, 4.69) is 87.5 Å². The van der Waals surface area contributed by atoms with Gasteiger partial charge in [0.1, 0.15) is 6.04 Å². The fourth-order valence-electron chi connectivity index (χ4n) is 4.59. The molecule has 2 aliphatic rings. The highest BCUT2D eigenvalue weighted by Gasteiger charge is 2.53. The molecule has 2 aliphatic heterocycles. The third kappa shape index (κ3) is 3.59. The molecule has 152 valence electrons. The van der Waals surface area contributed by atoms with Crippen LogP contribution in [0.3, 0.4) is 0 Å². The van der Waals surface area contributed by atoms with Gasteiger partial charge in [0.2, 0.25) is 5.91 Å². The van der Waals surface area contributed by atoms with Gasteiger partial charge in [-0.25, -0.2) is 5.06 Å². The van der Waals surface area contributed by atoms with Crippen molar-refractivity contribution in [1.29, 1.82) is 0 Å². The van der Waals surface area contributed by atoms with Crippen molar-refractivity contribution in [3.05, 3.63) is 72.8 Å². The summed E-state index contributed by atoms with van der Waals surface area (Å²) in [6.45, 7) is 7.27. The molecule has 0 radical (unpaired) electrons. The Morgan fingerprint density at radius 1 is 1.00 bits per heavy atom. The van der Waals surface area contributed by atoms with E-state index in [-0.39, 0.29) is 23.1 Å². The molecule has 1 fully saturated rings. The molecule has 2 atom stereocenters. The van der Waals surface area contributed by atoms with Gasteiger partial charge in [0.05, 0.1) is 12.7 Å². The molecule has 2 heterocycles. The fraction of sp³-hybridized carbons (Fsp3) is 0.375. The highest BCUT2D eigenvalue weighted by atomic mass is 28.4. The summed E-state index contributed by atoms with van der Waals surface area (Å²) in [4.78, 5) is 18.1. The molecular weight excluding hydrogens is 378 g/mol. The summed E-state index contributed by atoms with van der Waals surface area (Å²) in [5, 5.41) is 3.94. The van der Waals surface area contributed by atoms with Gasteiger partial charge in [0.15, 0.2) is 0 Å². The van der Waals surface area contributed by atoms with E-state index in [0.29, 0.717) is 19.4 Å². The third-order valence-corrected chi connectivity index (χ3v) is 11.0. The van der Waals surface area contributed by atoms with Crippen molar-refractivity contribution in [3.63, 3.8) is 0 Å². The molecule has 5 heteroatoms.